The van der Waals surface area contributed by atoms with Crippen LogP contribution in [0.4, 0.5) is 11.5 Å². The molecule has 5 heteroatoms. The number of anilines is 2. The molecule has 0 unspecified atom stereocenters. The normalized spacial score (nSPS) is 11.5. The number of aromatic nitrogens is 3. The Morgan fingerprint density at radius 1 is 0.829 bits per heavy atom. The van der Waals surface area contributed by atoms with E-state index in [1.165, 1.54) is 20.5 Å². The first-order chi connectivity index (χ1) is 17.2. The Balaban J connectivity index is 1.76. The zero-order chi connectivity index (χ0) is 24.2. The van der Waals surface area contributed by atoms with Gasteiger partial charge in [0.05, 0.1) is 11.0 Å². The van der Waals surface area contributed by atoms with Gasteiger partial charge in [-0.3, -0.25) is 0 Å². The van der Waals surface area contributed by atoms with E-state index < -0.39 is 0 Å². The SMILES string of the molecule is CCCC(CCC)c1nc2c(Nc3ccc(I)cc3)nc3ccccc3c2n1Cc1ccccc1. The van der Waals surface area contributed by atoms with Crippen LogP contribution in [0.3, 0.4) is 0 Å². The summed E-state index contributed by atoms with van der Waals surface area (Å²) >= 11 is 2.33. The van der Waals surface area contributed by atoms with E-state index in [-0.39, 0.29) is 0 Å². The van der Waals surface area contributed by atoms with Gasteiger partial charge in [-0.15, -0.1) is 0 Å². The minimum Gasteiger partial charge on any atom is -0.338 e. The summed E-state index contributed by atoms with van der Waals surface area (Å²) in [6, 6.07) is 27.6. The fourth-order valence-electron chi connectivity index (χ4n) is 4.95. The smallest absolute Gasteiger partial charge is 0.159 e. The minimum absolute atomic E-state index is 0.422. The molecule has 0 spiro atoms. The third-order valence-electron chi connectivity index (χ3n) is 6.54. The summed E-state index contributed by atoms with van der Waals surface area (Å²) in [6.07, 6.45) is 4.56. The molecule has 0 fully saturated rings. The van der Waals surface area contributed by atoms with Gasteiger partial charge in [-0.2, -0.15) is 0 Å². The maximum atomic E-state index is 5.35. The Kier molecular flexibility index (Phi) is 7.32. The van der Waals surface area contributed by atoms with Crippen LogP contribution in [0.5, 0.6) is 0 Å². The first-order valence-corrected chi connectivity index (χ1v) is 13.6. The fourth-order valence-corrected chi connectivity index (χ4v) is 5.31. The minimum atomic E-state index is 0.422. The maximum Gasteiger partial charge on any atom is 0.159 e. The van der Waals surface area contributed by atoms with Gasteiger partial charge in [0.25, 0.3) is 0 Å². The number of nitrogens with one attached hydrogen (secondary N) is 1. The molecule has 0 atom stereocenters. The van der Waals surface area contributed by atoms with Gasteiger partial charge in [0.2, 0.25) is 0 Å². The van der Waals surface area contributed by atoms with Crippen molar-refractivity contribution in [3.05, 3.63) is 93.8 Å². The first-order valence-electron chi connectivity index (χ1n) is 12.5. The van der Waals surface area contributed by atoms with Crippen LogP contribution in [0.25, 0.3) is 21.9 Å². The molecule has 0 radical (unpaired) electrons. The summed E-state index contributed by atoms with van der Waals surface area (Å²) in [7, 11) is 0. The number of fused-ring (bicyclic) bond motifs is 3. The average Bonchev–Trinajstić information content (AvgIpc) is 3.25. The monoisotopic (exact) mass is 574 g/mol. The lowest BCUT2D eigenvalue weighted by Gasteiger charge is -2.18. The molecular formula is C30H31IN4. The number of pyridine rings is 1. The van der Waals surface area contributed by atoms with Crippen LogP contribution in [-0.2, 0) is 6.54 Å². The largest absolute Gasteiger partial charge is 0.338 e. The molecule has 35 heavy (non-hydrogen) atoms. The number of hydrogen-bond acceptors (Lipinski definition) is 3. The number of para-hydroxylation sites is 1. The van der Waals surface area contributed by atoms with E-state index in [4.69, 9.17) is 9.97 Å². The molecular weight excluding hydrogens is 543 g/mol. The van der Waals surface area contributed by atoms with Gasteiger partial charge < -0.3 is 9.88 Å². The van der Waals surface area contributed by atoms with Crippen molar-refractivity contribution in [3.63, 3.8) is 0 Å². The molecule has 0 saturated carbocycles. The third-order valence-corrected chi connectivity index (χ3v) is 7.26. The van der Waals surface area contributed by atoms with Gasteiger partial charge in [0.15, 0.2) is 5.82 Å². The van der Waals surface area contributed by atoms with Gasteiger partial charge in [-0.1, -0.05) is 75.2 Å². The molecule has 0 bridgehead atoms. The predicted octanol–water partition coefficient (Wildman–Crippen LogP) is 8.66. The molecule has 0 saturated heterocycles. The summed E-state index contributed by atoms with van der Waals surface area (Å²) in [5, 5.41) is 4.73. The molecule has 0 aliphatic rings. The van der Waals surface area contributed by atoms with Crippen molar-refractivity contribution >= 4 is 56.0 Å². The zero-order valence-corrected chi connectivity index (χ0v) is 22.5. The topological polar surface area (TPSA) is 42.7 Å². The Labute approximate surface area is 220 Å². The summed E-state index contributed by atoms with van der Waals surface area (Å²) in [5.41, 5.74) is 5.40. The quantitative estimate of drug-likeness (QED) is 0.179. The Hall–Kier alpha value is -2.93. The van der Waals surface area contributed by atoms with Crippen LogP contribution in [0.15, 0.2) is 78.9 Å². The number of benzene rings is 3. The highest BCUT2D eigenvalue weighted by Gasteiger charge is 2.23. The molecule has 3 aromatic carbocycles. The Morgan fingerprint density at radius 3 is 2.23 bits per heavy atom. The van der Waals surface area contributed by atoms with Crippen LogP contribution in [0, 0.1) is 3.57 Å². The average molecular weight is 575 g/mol. The molecule has 4 nitrogen and oxygen atoms in total. The number of imidazole rings is 1. The maximum absolute atomic E-state index is 5.35. The standard InChI is InChI=1S/C30H31IN4/c1-3-10-22(11-4-2)30-34-27-28(35(30)20-21-12-6-5-7-13-21)25-14-8-9-15-26(25)33-29(27)32-24-18-16-23(31)17-19-24/h5-9,12-19,22H,3-4,10-11,20H2,1-2H3,(H,32,33). The van der Waals surface area contributed by atoms with Gasteiger partial charge in [0.1, 0.15) is 11.3 Å². The highest BCUT2D eigenvalue weighted by atomic mass is 127. The Bertz CT molecular complexity index is 1420. The molecule has 1 N–H and O–H groups in total. The molecule has 178 valence electrons. The second kappa shape index (κ2) is 10.8. The van der Waals surface area contributed by atoms with E-state index in [0.29, 0.717) is 5.92 Å². The van der Waals surface area contributed by atoms with Crippen LogP contribution >= 0.6 is 22.6 Å². The molecule has 2 aromatic heterocycles. The predicted molar refractivity (Wildman–Crippen MR) is 156 cm³/mol. The van der Waals surface area contributed by atoms with Crippen molar-refractivity contribution in [2.45, 2.75) is 52.0 Å². The lowest BCUT2D eigenvalue weighted by Crippen LogP contribution is -2.10. The van der Waals surface area contributed by atoms with E-state index >= 15 is 0 Å². The first kappa shape index (κ1) is 23.8. The van der Waals surface area contributed by atoms with Crippen molar-refractivity contribution in [3.8, 4) is 0 Å². The molecule has 2 heterocycles. The highest BCUT2D eigenvalue weighted by Crippen LogP contribution is 2.36. The van der Waals surface area contributed by atoms with Gasteiger partial charge >= 0.3 is 0 Å². The molecule has 0 aliphatic carbocycles. The highest BCUT2D eigenvalue weighted by molar-refractivity contribution is 14.1. The second-order valence-corrected chi connectivity index (χ2v) is 10.4. The lowest BCUT2D eigenvalue weighted by atomic mass is 9.97. The third kappa shape index (κ3) is 5.06. The summed E-state index contributed by atoms with van der Waals surface area (Å²) in [4.78, 5) is 10.4. The second-order valence-electron chi connectivity index (χ2n) is 9.12. The van der Waals surface area contributed by atoms with Gasteiger partial charge in [0, 0.05) is 27.1 Å². The van der Waals surface area contributed by atoms with Crippen LogP contribution in [0.1, 0.15) is 56.8 Å². The van der Waals surface area contributed by atoms with Crippen molar-refractivity contribution in [2.75, 3.05) is 5.32 Å². The van der Waals surface area contributed by atoms with Crippen LogP contribution < -0.4 is 5.32 Å². The number of nitrogens with zero attached hydrogens (tertiary/aromatic N) is 3. The van der Waals surface area contributed by atoms with Crippen molar-refractivity contribution in [1.82, 2.24) is 14.5 Å². The van der Waals surface area contributed by atoms with Gasteiger partial charge in [-0.25, -0.2) is 9.97 Å². The summed E-state index contributed by atoms with van der Waals surface area (Å²) < 4.78 is 3.67. The van der Waals surface area contributed by atoms with E-state index in [1.807, 2.05) is 0 Å². The van der Waals surface area contributed by atoms with Crippen molar-refractivity contribution in [1.29, 1.82) is 0 Å². The van der Waals surface area contributed by atoms with E-state index in [2.05, 4.69) is 125 Å². The van der Waals surface area contributed by atoms with Crippen LogP contribution in [-0.4, -0.2) is 14.5 Å². The van der Waals surface area contributed by atoms with Crippen molar-refractivity contribution in [2.24, 2.45) is 0 Å². The lowest BCUT2D eigenvalue weighted by molar-refractivity contribution is 0.514. The van der Waals surface area contributed by atoms with Crippen molar-refractivity contribution < 1.29 is 0 Å². The van der Waals surface area contributed by atoms with Crippen LogP contribution in [0.2, 0.25) is 0 Å². The van der Waals surface area contributed by atoms with E-state index in [0.717, 1.165) is 60.2 Å². The van der Waals surface area contributed by atoms with E-state index in [1.54, 1.807) is 0 Å². The fraction of sp³-hybridized carbons (Fsp3) is 0.267. The zero-order valence-electron chi connectivity index (χ0n) is 20.3. The molecule has 0 aliphatic heterocycles. The number of hydrogen-bond donors (Lipinski definition) is 1. The number of rotatable bonds is 9. The molecule has 0 amide bonds. The van der Waals surface area contributed by atoms with Gasteiger partial charge in [-0.05, 0) is 71.3 Å². The molecule has 5 aromatic rings. The Morgan fingerprint density at radius 2 is 1.51 bits per heavy atom. The summed E-state index contributed by atoms with van der Waals surface area (Å²) in [5.74, 6) is 2.42. The number of halogens is 1. The molecule has 5 rings (SSSR count). The van der Waals surface area contributed by atoms with E-state index in [9.17, 15) is 0 Å². The summed E-state index contributed by atoms with van der Waals surface area (Å²) in [6.45, 7) is 5.34.